The van der Waals surface area contributed by atoms with Gasteiger partial charge in [0.1, 0.15) is 0 Å². The highest BCUT2D eigenvalue weighted by Gasteiger charge is 2.20. The fourth-order valence-electron chi connectivity index (χ4n) is 1.92. The van der Waals surface area contributed by atoms with Gasteiger partial charge in [0.05, 0.1) is 6.04 Å². The molecule has 0 aliphatic carbocycles. The lowest BCUT2D eigenvalue weighted by Gasteiger charge is -2.19. The van der Waals surface area contributed by atoms with Crippen molar-refractivity contribution in [1.82, 2.24) is 15.5 Å². The van der Waals surface area contributed by atoms with Crippen molar-refractivity contribution in [3.05, 3.63) is 11.7 Å². The average molecular weight is 209 g/mol. The molecule has 0 saturated carbocycles. The van der Waals surface area contributed by atoms with Crippen molar-refractivity contribution in [3.63, 3.8) is 0 Å². The molecule has 1 aliphatic heterocycles. The zero-order valence-electron chi connectivity index (χ0n) is 9.49. The summed E-state index contributed by atoms with van der Waals surface area (Å²) in [7, 11) is 0. The molecule has 1 N–H and O–H groups in total. The first-order valence-corrected chi connectivity index (χ1v) is 5.81. The van der Waals surface area contributed by atoms with Gasteiger partial charge in [-0.3, -0.25) is 0 Å². The topological polar surface area (TPSA) is 51.0 Å². The lowest BCUT2D eigenvalue weighted by Crippen LogP contribution is -2.27. The molecule has 4 heteroatoms. The molecule has 84 valence electrons. The van der Waals surface area contributed by atoms with Crippen molar-refractivity contribution in [3.8, 4) is 0 Å². The molecule has 0 bridgehead atoms. The van der Waals surface area contributed by atoms with Crippen molar-refractivity contribution < 1.29 is 4.52 Å². The van der Waals surface area contributed by atoms with Gasteiger partial charge in [0, 0.05) is 6.42 Å². The van der Waals surface area contributed by atoms with Gasteiger partial charge in [0.15, 0.2) is 5.82 Å². The number of hydrogen-bond donors (Lipinski definition) is 1. The summed E-state index contributed by atoms with van der Waals surface area (Å²) in [5.74, 6) is 2.19. The van der Waals surface area contributed by atoms with Crippen molar-refractivity contribution >= 4 is 0 Å². The Labute approximate surface area is 90.4 Å². The monoisotopic (exact) mass is 209 g/mol. The lowest BCUT2D eigenvalue weighted by atomic mass is 10.1. The van der Waals surface area contributed by atoms with E-state index in [1.165, 1.54) is 12.8 Å². The average Bonchev–Trinajstić information content (AvgIpc) is 2.67. The van der Waals surface area contributed by atoms with Crippen LogP contribution >= 0.6 is 0 Å². The zero-order valence-corrected chi connectivity index (χ0v) is 9.49. The van der Waals surface area contributed by atoms with Crippen LogP contribution in [0.2, 0.25) is 0 Å². The van der Waals surface area contributed by atoms with Gasteiger partial charge in [-0.25, -0.2) is 0 Å². The lowest BCUT2D eigenvalue weighted by molar-refractivity contribution is 0.295. The quantitative estimate of drug-likeness (QED) is 0.828. The van der Waals surface area contributed by atoms with Crippen molar-refractivity contribution in [2.24, 2.45) is 5.92 Å². The van der Waals surface area contributed by atoms with Crippen molar-refractivity contribution in [2.75, 3.05) is 6.54 Å². The Morgan fingerprint density at radius 2 is 2.33 bits per heavy atom. The van der Waals surface area contributed by atoms with Crippen LogP contribution in [0.3, 0.4) is 0 Å². The van der Waals surface area contributed by atoms with E-state index in [2.05, 4.69) is 29.3 Å². The summed E-state index contributed by atoms with van der Waals surface area (Å²) in [6.07, 6.45) is 4.52. The normalized spacial score (nSPS) is 22.2. The summed E-state index contributed by atoms with van der Waals surface area (Å²) in [6.45, 7) is 5.39. The molecule has 2 heterocycles. The fourth-order valence-corrected chi connectivity index (χ4v) is 1.92. The first-order chi connectivity index (χ1) is 7.25. The van der Waals surface area contributed by atoms with Gasteiger partial charge < -0.3 is 9.84 Å². The van der Waals surface area contributed by atoms with Gasteiger partial charge in [0.25, 0.3) is 0 Å². The molecular weight excluding hydrogens is 190 g/mol. The van der Waals surface area contributed by atoms with Gasteiger partial charge in [-0.1, -0.05) is 25.4 Å². The highest BCUT2D eigenvalue weighted by molar-refractivity contribution is 4.94. The summed E-state index contributed by atoms with van der Waals surface area (Å²) < 4.78 is 5.28. The predicted octanol–water partition coefficient (Wildman–Crippen LogP) is 2.08. The third kappa shape index (κ3) is 2.78. The first-order valence-electron chi connectivity index (χ1n) is 5.81. The Hall–Kier alpha value is -0.900. The van der Waals surface area contributed by atoms with Gasteiger partial charge in [-0.15, -0.1) is 0 Å². The van der Waals surface area contributed by atoms with Crippen LogP contribution in [0.15, 0.2) is 4.52 Å². The Morgan fingerprint density at radius 3 is 3.00 bits per heavy atom. The summed E-state index contributed by atoms with van der Waals surface area (Å²) in [5, 5.41) is 7.41. The minimum Gasteiger partial charge on any atom is -0.338 e. The molecular formula is C11H19N3O. The van der Waals surface area contributed by atoms with Crippen LogP contribution in [0.4, 0.5) is 0 Å². The summed E-state index contributed by atoms with van der Waals surface area (Å²) >= 11 is 0. The Balaban J connectivity index is 1.99. The number of nitrogens with one attached hydrogen (secondary N) is 1. The van der Waals surface area contributed by atoms with E-state index in [4.69, 9.17) is 4.52 Å². The van der Waals surface area contributed by atoms with Crippen LogP contribution in [0.25, 0.3) is 0 Å². The third-order valence-corrected chi connectivity index (χ3v) is 2.68. The minimum absolute atomic E-state index is 0.284. The second-order valence-electron chi connectivity index (χ2n) is 4.65. The minimum atomic E-state index is 0.284. The van der Waals surface area contributed by atoms with Crippen LogP contribution in [-0.4, -0.2) is 16.7 Å². The van der Waals surface area contributed by atoms with Crippen LogP contribution in [0, 0.1) is 5.92 Å². The van der Waals surface area contributed by atoms with Crippen molar-refractivity contribution in [1.29, 1.82) is 0 Å². The van der Waals surface area contributed by atoms with Crippen LogP contribution in [0.1, 0.15) is 50.9 Å². The van der Waals surface area contributed by atoms with E-state index in [0.717, 1.165) is 31.1 Å². The molecule has 1 atom stereocenters. The molecule has 1 fully saturated rings. The molecule has 15 heavy (non-hydrogen) atoms. The van der Waals surface area contributed by atoms with Gasteiger partial charge in [-0.05, 0) is 25.3 Å². The van der Waals surface area contributed by atoms with E-state index in [1.807, 2.05) is 0 Å². The highest BCUT2D eigenvalue weighted by atomic mass is 16.5. The summed E-state index contributed by atoms with van der Waals surface area (Å²) in [4.78, 5) is 4.43. The largest absolute Gasteiger partial charge is 0.338 e. The maximum Gasteiger partial charge on any atom is 0.243 e. The molecule has 1 aromatic rings. The third-order valence-electron chi connectivity index (χ3n) is 2.68. The Kier molecular flexibility index (Phi) is 3.36. The van der Waals surface area contributed by atoms with E-state index >= 15 is 0 Å². The van der Waals surface area contributed by atoms with Crippen LogP contribution < -0.4 is 5.32 Å². The molecule has 1 unspecified atom stereocenters. The maximum absolute atomic E-state index is 5.28. The number of aromatic nitrogens is 2. The Morgan fingerprint density at radius 1 is 1.47 bits per heavy atom. The zero-order chi connectivity index (χ0) is 10.7. The molecule has 0 spiro atoms. The van der Waals surface area contributed by atoms with Gasteiger partial charge >= 0.3 is 0 Å². The summed E-state index contributed by atoms with van der Waals surface area (Å²) in [6, 6.07) is 0.284. The van der Waals surface area contributed by atoms with E-state index < -0.39 is 0 Å². The van der Waals surface area contributed by atoms with E-state index in [9.17, 15) is 0 Å². The predicted molar refractivity (Wildman–Crippen MR) is 57.4 cm³/mol. The molecule has 2 rings (SSSR count). The molecule has 0 amide bonds. The molecule has 1 aromatic heterocycles. The smallest absolute Gasteiger partial charge is 0.243 e. The highest BCUT2D eigenvalue weighted by Crippen LogP contribution is 2.21. The molecule has 0 aromatic carbocycles. The standard InChI is InChI=1S/C11H19N3O/c1-8(2)7-10-13-11(15-14-10)9-5-3-4-6-12-9/h8-9,12H,3-7H2,1-2H3. The molecule has 1 aliphatic rings. The molecule has 4 nitrogen and oxygen atoms in total. The Bertz CT molecular complexity index is 303. The van der Waals surface area contributed by atoms with Crippen LogP contribution in [-0.2, 0) is 6.42 Å². The van der Waals surface area contributed by atoms with E-state index in [0.29, 0.717) is 5.92 Å². The van der Waals surface area contributed by atoms with E-state index in [-0.39, 0.29) is 6.04 Å². The van der Waals surface area contributed by atoms with Gasteiger partial charge in [-0.2, -0.15) is 4.98 Å². The SMILES string of the molecule is CC(C)Cc1noc(C2CCCCN2)n1. The first kappa shape index (κ1) is 10.6. The van der Waals surface area contributed by atoms with Crippen LogP contribution in [0.5, 0.6) is 0 Å². The maximum atomic E-state index is 5.28. The fraction of sp³-hybridized carbons (Fsp3) is 0.818. The van der Waals surface area contributed by atoms with E-state index in [1.54, 1.807) is 0 Å². The number of hydrogen-bond acceptors (Lipinski definition) is 4. The second-order valence-corrected chi connectivity index (χ2v) is 4.65. The molecule has 1 saturated heterocycles. The molecule has 0 radical (unpaired) electrons. The summed E-state index contributed by atoms with van der Waals surface area (Å²) in [5.41, 5.74) is 0. The van der Waals surface area contributed by atoms with Gasteiger partial charge in [0.2, 0.25) is 5.89 Å². The number of rotatable bonds is 3. The number of piperidine rings is 1. The number of nitrogens with zero attached hydrogens (tertiary/aromatic N) is 2. The van der Waals surface area contributed by atoms with Crippen molar-refractivity contribution in [2.45, 2.75) is 45.6 Å². The second kappa shape index (κ2) is 4.75.